The molecule has 18 heavy (non-hydrogen) atoms. The lowest BCUT2D eigenvalue weighted by Gasteiger charge is -2.12. The monoisotopic (exact) mass is 322 g/mol. The molecule has 0 atom stereocenters. The minimum atomic E-state index is -4.69. The Balaban J connectivity index is 2.09. The molecule has 7 heteroatoms. The van der Waals surface area contributed by atoms with Crippen molar-refractivity contribution >= 4 is 27.5 Å². The summed E-state index contributed by atoms with van der Waals surface area (Å²) in [6.07, 6.45) is -2.83. The van der Waals surface area contributed by atoms with Gasteiger partial charge in [-0.2, -0.15) is 0 Å². The molecule has 1 aliphatic heterocycles. The zero-order valence-electron chi connectivity index (χ0n) is 9.22. The van der Waals surface area contributed by atoms with Crippen molar-refractivity contribution in [1.29, 1.82) is 0 Å². The van der Waals surface area contributed by atoms with E-state index in [0.29, 0.717) is 5.69 Å². The summed E-state index contributed by atoms with van der Waals surface area (Å²) in [6.45, 7) is 0.790. The van der Waals surface area contributed by atoms with Crippen molar-refractivity contribution in [3.05, 3.63) is 22.7 Å². The highest BCUT2D eigenvalue weighted by Gasteiger charge is 2.31. The molecule has 1 N–H and O–H groups in total. The Bertz CT molecular complexity index is 474. The lowest BCUT2D eigenvalue weighted by Crippen LogP contribution is -2.17. The average molecular weight is 323 g/mol. The Morgan fingerprint density at radius 1 is 1.33 bits per heavy atom. The molecular formula is C11H10BrF3N2O. The van der Waals surface area contributed by atoms with Gasteiger partial charge in [0.1, 0.15) is 11.6 Å². The second kappa shape index (κ2) is 5.17. The van der Waals surface area contributed by atoms with Crippen LogP contribution in [0.25, 0.3) is 0 Å². The maximum atomic E-state index is 12.1. The highest BCUT2D eigenvalue weighted by Crippen LogP contribution is 2.32. The van der Waals surface area contributed by atoms with E-state index < -0.39 is 6.36 Å². The SMILES string of the molecule is FC(F)(F)Oc1ccc(NC2=NCCC2)cc1Br. The fraction of sp³-hybridized carbons (Fsp3) is 0.364. The first kappa shape index (κ1) is 13.2. The van der Waals surface area contributed by atoms with E-state index in [0.717, 1.165) is 25.2 Å². The van der Waals surface area contributed by atoms with Crippen LogP contribution in [0.2, 0.25) is 0 Å². The molecule has 2 rings (SSSR count). The van der Waals surface area contributed by atoms with Crippen molar-refractivity contribution < 1.29 is 17.9 Å². The number of hydrogen-bond donors (Lipinski definition) is 1. The predicted molar refractivity (Wildman–Crippen MR) is 66.0 cm³/mol. The fourth-order valence-corrected chi connectivity index (χ4v) is 2.05. The molecule has 0 unspecified atom stereocenters. The van der Waals surface area contributed by atoms with Crippen LogP contribution in [0.15, 0.2) is 27.7 Å². The molecule has 98 valence electrons. The molecule has 1 heterocycles. The summed E-state index contributed by atoms with van der Waals surface area (Å²) in [6, 6.07) is 4.31. The third-order valence-corrected chi connectivity index (χ3v) is 2.94. The number of nitrogens with one attached hydrogen (secondary N) is 1. The molecule has 1 aromatic carbocycles. The van der Waals surface area contributed by atoms with Gasteiger partial charge in [-0.3, -0.25) is 4.99 Å². The molecule has 0 aromatic heterocycles. The molecule has 1 aromatic rings. The number of benzene rings is 1. The molecule has 1 aliphatic rings. The van der Waals surface area contributed by atoms with Crippen LogP contribution in [0.1, 0.15) is 12.8 Å². The number of nitrogens with zero attached hydrogens (tertiary/aromatic N) is 1. The van der Waals surface area contributed by atoms with E-state index in [1.54, 1.807) is 0 Å². The van der Waals surface area contributed by atoms with Gasteiger partial charge in [0.25, 0.3) is 0 Å². The molecule has 3 nitrogen and oxygen atoms in total. The zero-order chi connectivity index (χ0) is 13.2. The zero-order valence-corrected chi connectivity index (χ0v) is 10.8. The van der Waals surface area contributed by atoms with Gasteiger partial charge in [-0.05, 0) is 40.5 Å². The van der Waals surface area contributed by atoms with E-state index in [9.17, 15) is 13.2 Å². The molecular weight excluding hydrogens is 313 g/mol. The molecule has 0 fully saturated rings. The Kier molecular flexibility index (Phi) is 3.79. The largest absolute Gasteiger partial charge is 0.573 e. The topological polar surface area (TPSA) is 33.6 Å². The van der Waals surface area contributed by atoms with Crippen LogP contribution in [-0.2, 0) is 0 Å². The van der Waals surface area contributed by atoms with E-state index in [2.05, 4.69) is 31.0 Å². The number of alkyl halides is 3. The molecule has 0 saturated heterocycles. The summed E-state index contributed by atoms with van der Waals surface area (Å²) >= 11 is 3.04. The number of aliphatic imine (C=N–C) groups is 1. The maximum Gasteiger partial charge on any atom is 0.573 e. The van der Waals surface area contributed by atoms with Gasteiger partial charge in [0.05, 0.1) is 4.47 Å². The van der Waals surface area contributed by atoms with Crippen LogP contribution in [0.5, 0.6) is 5.75 Å². The van der Waals surface area contributed by atoms with E-state index in [1.165, 1.54) is 18.2 Å². The maximum absolute atomic E-state index is 12.1. The Labute approximate surface area is 110 Å². The Morgan fingerprint density at radius 3 is 2.67 bits per heavy atom. The second-order valence-corrected chi connectivity index (χ2v) is 4.60. The quantitative estimate of drug-likeness (QED) is 0.894. The molecule has 0 bridgehead atoms. The summed E-state index contributed by atoms with van der Waals surface area (Å²) in [4.78, 5) is 4.22. The highest BCUT2D eigenvalue weighted by molar-refractivity contribution is 9.10. The minimum absolute atomic E-state index is 0.239. The van der Waals surface area contributed by atoms with Gasteiger partial charge in [0.15, 0.2) is 0 Å². The third-order valence-electron chi connectivity index (χ3n) is 2.32. The van der Waals surface area contributed by atoms with Crippen LogP contribution in [0.4, 0.5) is 18.9 Å². The van der Waals surface area contributed by atoms with Gasteiger partial charge in [-0.25, -0.2) is 0 Å². The standard InChI is InChI=1S/C11H10BrF3N2O/c12-8-6-7(17-10-2-1-5-16-10)3-4-9(8)18-11(13,14)15/h3-4,6H,1-2,5H2,(H,16,17). The number of amidine groups is 1. The molecule has 0 aliphatic carbocycles. The molecule has 0 radical (unpaired) electrons. The van der Waals surface area contributed by atoms with Crippen molar-refractivity contribution in [2.24, 2.45) is 4.99 Å². The lowest BCUT2D eigenvalue weighted by molar-refractivity contribution is -0.274. The molecule has 0 spiro atoms. The average Bonchev–Trinajstić information content (AvgIpc) is 2.73. The van der Waals surface area contributed by atoms with Gasteiger partial charge in [0.2, 0.25) is 0 Å². The van der Waals surface area contributed by atoms with Crippen molar-refractivity contribution in [2.45, 2.75) is 19.2 Å². The molecule has 0 amide bonds. The number of rotatable bonds is 2. The van der Waals surface area contributed by atoms with Crippen LogP contribution >= 0.6 is 15.9 Å². The first-order chi connectivity index (χ1) is 8.44. The van der Waals surface area contributed by atoms with Crippen molar-refractivity contribution in [1.82, 2.24) is 0 Å². The van der Waals surface area contributed by atoms with Crippen LogP contribution < -0.4 is 10.1 Å². The summed E-state index contributed by atoms with van der Waals surface area (Å²) in [5.74, 6) is 0.591. The summed E-state index contributed by atoms with van der Waals surface area (Å²) in [5.41, 5.74) is 0.678. The smallest absolute Gasteiger partial charge is 0.405 e. The van der Waals surface area contributed by atoms with Crippen molar-refractivity contribution in [3.63, 3.8) is 0 Å². The van der Waals surface area contributed by atoms with Gasteiger partial charge < -0.3 is 10.1 Å². The van der Waals surface area contributed by atoms with E-state index >= 15 is 0 Å². The second-order valence-electron chi connectivity index (χ2n) is 3.75. The fourth-order valence-electron chi connectivity index (χ4n) is 1.59. The number of halogens is 4. The predicted octanol–water partition coefficient (Wildman–Crippen LogP) is 3.95. The van der Waals surface area contributed by atoms with E-state index in [-0.39, 0.29) is 10.2 Å². The van der Waals surface area contributed by atoms with Crippen molar-refractivity contribution in [3.8, 4) is 5.75 Å². The first-order valence-corrected chi connectivity index (χ1v) is 6.09. The third kappa shape index (κ3) is 3.63. The minimum Gasteiger partial charge on any atom is -0.405 e. The lowest BCUT2D eigenvalue weighted by atomic mass is 10.3. The van der Waals surface area contributed by atoms with E-state index in [4.69, 9.17) is 0 Å². The van der Waals surface area contributed by atoms with Crippen molar-refractivity contribution in [2.75, 3.05) is 11.9 Å². The number of hydrogen-bond acceptors (Lipinski definition) is 3. The number of anilines is 1. The Hall–Kier alpha value is -1.24. The van der Waals surface area contributed by atoms with Gasteiger partial charge in [-0.15, -0.1) is 13.2 Å². The van der Waals surface area contributed by atoms with Gasteiger partial charge in [-0.1, -0.05) is 0 Å². The first-order valence-electron chi connectivity index (χ1n) is 5.30. The van der Waals surface area contributed by atoms with E-state index in [1.807, 2.05) is 0 Å². The Morgan fingerprint density at radius 2 is 2.11 bits per heavy atom. The number of ether oxygens (including phenoxy) is 1. The summed E-state index contributed by atoms with van der Waals surface area (Å²) in [7, 11) is 0. The summed E-state index contributed by atoms with van der Waals surface area (Å²) < 4.78 is 40.3. The summed E-state index contributed by atoms with van der Waals surface area (Å²) in [5, 5.41) is 3.05. The van der Waals surface area contributed by atoms with Gasteiger partial charge >= 0.3 is 6.36 Å². The van der Waals surface area contributed by atoms with Crippen LogP contribution in [0, 0.1) is 0 Å². The van der Waals surface area contributed by atoms with Gasteiger partial charge in [0, 0.05) is 18.7 Å². The highest BCUT2D eigenvalue weighted by atomic mass is 79.9. The normalized spacial score (nSPS) is 15.4. The van der Waals surface area contributed by atoms with Crippen LogP contribution in [-0.4, -0.2) is 18.7 Å². The molecule has 0 saturated carbocycles. The van der Waals surface area contributed by atoms with Crippen LogP contribution in [0.3, 0.4) is 0 Å².